The lowest BCUT2D eigenvalue weighted by Crippen LogP contribution is -2.41. The summed E-state index contributed by atoms with van der Waals surface area (Å²) in [6, 6.07) is 4.20. The van der Waals surface area contributed by atoms with Crippen molar-refractivity contribution in [3.05, 3.63) is 51.5 Å². The number of aromatic amines is 2. The first-order valence-corrected chi connectivity index (χ1v) is 18.2. The molecule has 51 heavy (non-hydrogen) atoms. The minimum absolute atomic E-state index is 0. The van der Waals surface area contributed by atoms with Crippen LogP contribution in [0.25, 0.3) is 22.1 Å². The van der Waals surface area contributed by atoms with Crippen molar-refractivity contribution in [3.63, 3.8) is 0 Å². The van der Waals surface area contributed by atoms with Gasteiger partial charge in [0.1, 0.15) is 11.3 Å². The van der Waals surface area contributed by atoms with Crippen molar-refractivity contribution < 1.29 is 27.9 Å². The molecule has 7 heterocycles. The normalized spacial score (nSPS) is 22.0. The van der Waals surface area contributed by atoms with Gasteiger partial charge in [-0.3, -0.25) is 0 Å². The lowest BCUT2D eigenvalue weighted by Gasteiger charge is -2.32. The van der Waals surface area contributed by atoms with Crippen molar-refractivity contribution >= 4 is 64.6 Å². The molecule has 3 aliphatic heterocycles. The van der Waals surface area contributed by atoms with Crippen molar-refractivity contribution in [2.75, 3.05) is 0 Å². The summed E-state index contributed by atoms with van der Waals surface area (Å²) >= 11 is 3.40. The fraction of sp³-hybridized carbons (Fsp3) is 0.622. The molecule has 3 aliphatic rings. The highest BCUT2D eigenvalue weighted by molar-refractivity contribution is 9.10. The van der Waals surface area contributed by atoms with Crippen LogP contribution in [0, 0.1) is 27.7 Å². The first kappa shape index (κ1) is 41.6. The summed E-state index contributed by atoms with van der Waals surface area (Å²) in [5.74, 6) is 0. The fourth-order valence-corrected chi connectivity index (χ4v) is 6.08. The molecule has 2 N–H and O–H groups in total. The Morgan fingerprint density at radius 3 is 1.25 bits per heavy atom. The Bertz CT molecular complexity index is 1800. The molecule has 3 fully saturated rings. The zero-order valence-corrected chi connectivity index (χ0v) is 34.3. The van der Waals surface area contributed by atoms with Crippen LogP contribution >= 0.6 is 15.9 Å². The van der Waals surface area contributed by atoms with E-state index in [1.807, 2.05) is 61.6 Å². The van der Waals surface area contributed by atoms with Gasteiger partial charge in [-0.15, -0.1) is 0 Å². The van der Waals surface area contributed by atoms with Crippen LogP contribution in [0.3, 0.4) is 0 Å². The van der Waals surface area contributed by atoms with Gasteiger partial charge in [-0.25, -0.2) is 9.97 Å². The molecule has 4 aromatic heterocycles. The van der Waals surface area contributed by atoms with Gasteiger partial charge < -0.3 is 37.9 Å². The highest BCUT2D eigenvalue weighted by Gasteiger charge is 2.63. The Morgan fingerprint density at radius 1 is 0.529 bits per heavy atom. The van der Waals surface area contributed by atoms with Crippen molar-refractivity contribution in [2.24, 2.45) is 0 Å². The maximum absolute atomic E-state index is 6.07. The minimum Gasteiger partial charge on any atom is -0.405 e. The first-order chi connectivity index (χ1) is 22.8. The average molecular weight is 767 g/mol. The van der Waals surface area contributed by atoms with Crippen molar-refractivity contribution in [3.8, 4) is 0 Å². The summed E-state index contributed by atoms with van der Waals surface area (Å²) in [4.78, 5) is 15.3. The zero-order chi connectivity index (χ0) is 37.4. The number of hydrogen-bond acceptors (Lipinski definition) is 8. The number of rotatable bonds is 2. The molecule has 3 saturated heterocycles. The average Bonchev–Trinajstić information content (AvgIpc) is 3.65. The van der Waals surface area contributed by atoms with E-state index in [-0.39, 0.29) is 48.2 Å². The van der Waals surface area contributed by atoms with Crippen molar-refractivity contribution in [1.29, 1.82) is 0 Å². The number of H-pyrrole nitrogens is 2. The van der Waals surface area contributed by atoms with Crippen LogP contribution < -0.4 is 5.46 Å². The topological polar surface area (TPSA) is 113 Å². The summed E-state index contributed by atoms with van der Waals surface area (Å²) in [7, 11) is -1.31. The Kier molecular flexibility index (Phi) is 11.3. The predicted octanol–water partition coefficient (Wildman–Crippen LogP) is 8.31. The lowest BCUT2D eigenvalue weighted by molar-refractivity contribution is 0.00578. The molecule has 0 aromatic carbocycles. The van der Waals surface area contributed by atoms with Crippen molar-refractivity contribution in [2.45, 2.75) is 152 Å². The molecule has 0 aliphatic carbocycles. The fourth-order valence-electron chi connectivity index (χ4n) is 5.75. The monoisotopic (exact) mass is 766 g/mol. The second-order valence-electron chi connectivity index (χ2n) is 16.8. The Morgan fingerprint density at radius 2 is 0.863 bits per heavy atom. The highest BCUT2D eigenvalue weighted by atomic mass is 79.9. The van der Waals surface area contributed by atoms with Gasteiger partial charge in [-0.2, -0.15) is 0 Å². The quantitative estimate of drug-likeness (QED) is 0.196. The molecule has 278 valence electrons. The molecule has 0 unspecified atom stereocenters. The number of pyridine rings is 2. The molecule has 0 radical (unpaired) electrons. The number of fused-ring (bicyclic) bond motifs is 2. The number of aryl methyl sites for hydroxylation is 4. The third kappa shape index (κ3) is 7.89. The van der Waals surface area contributed by atoms with E-state index in [4.69, 9.17) is 27.9 Å². The van der Waals surface area contributed by atoms with Gasteiger partial charge >= 0.3 is 21.1 Å². The molecule has 10 nitrogen and oxygen atoms in total. The van der Waals surface area contributed by atoms with E-state index in [1.54, 1.807) is 6.20 Å². The number of nitrogens with one attached hydrogen (secondary N) is 2. The molecular weight excluding hydrogens is 709 g/mol. The van der Waals surface area contributed by atoms with E-state index in [9.17, 15) is 0 Å². The van der Waals surface area contributed by atoms with Gasteiger partial charge in [0.15, 0.2) is 0 Å². The number of aromatic nitrogens is 4. The number of nitrogens with zero attached hydrogens (tertiary/aromatic N) is 2. The van der Waals surface area contributed by atoms with E-state index in [1.165, 1.54) is 22.2 Å². The van der Waals surface area contributed by atoms with E-state index >= 15 is 0 Å². The summed E-state index contributed by atoms with van der Waals surface area (Å²) < 4.78 is 37.0. The second-order valence-corrected chi connectivity index (χ2v) is 17.7. The zero-order valence-electron chi connectivity index (χ0n) is 32.8. The molecule has 4 aromatic rings. The van der Waals surface area contributed by atoms with Crippen LogP contribution in [-0.2, 0) is 27.9 Å². The molecular formula is C37H58B3BrN4O6. The number of halogens is 1. The summed E-state index contributed by atoms with van der Waals surface area (Å²) in [5, 5.41) is 2.33. The summed E-state index contributed by atoms with van der Waals surface area (Å²) in [6.45, 7) is 32.8. The van der Waals surface area contributed by atoms with Gasteiger partial charge in [0.05, 0.1) is 33.6 Å². The minimum atomic E-state index is -0.476. The molecule has 14 heteroatoms. The van der Waals surface area contributed by atoms with Crippen LogP contribution in [0.1, 0.15) is 113 Å². The van der Waals surface area contributed by atoms with Gasteiger partial charge in [0.2, 0.25) is 0 Å². The van der Waals surface area contributed by atoms with Crippen LogP contribution in [0.5, 0.6) is 0 Å². The maximum atomic E-state index is 6.07. The van der Waals surface area contributed by atoms with Gasteiger partial charge in [-0.1, -0.05) is 7.43 Å². The van der Waals surface area contributed by atoms with Gasteiger partial charge in [-0.05, 0) is 150 Å². The van der Waals surface area contributed by atoms with E-state index in [2.05, 4.69) is 103 Å². The van der Waals surface area contributed by atoms with Gasteiger partial charge in [0.25, 0.3) is 0 Å². The largest absolute Gasteiger partial charge is 0.496 e. The van der Waals surface area contributed by atoms with Crippen LogP contribution in [-0.4, -0.2) is 74.7 Å². The molecule has 7 rings (SSSR count). The third-order valence-electron chi connectivity index (χ3n) is 11.6. The smallest absolute Gasteiger partial charge is 0.405 e. The summed E-state index contributed by atoms with van der Waals surface area (Å²) in [6.07, 6.45) is 3.64. The molecule has 0 bridgehead atoms. The molecule has 0 atom stereocenters. The van der Waals surface area contributed by atoms with Crippen LogP contribution in [0.2, 0.25) is 0 Å². The molecule has 0 spiro atoms. The van der Waals surface area contributed by atoms with Crippen LogP contribution in [0.15, 0.2) is 29.0 Å². The number of hydrogen-bond donors (Lipinski definition) is 2. The van der Waals surface area contributed by atoms with E-state index in [0.717, 1.165) is 32.3 Å². The Hall–Kier alpha value is -2.19. The van der Waals surface area contributed by atoms with Gasteiger partial charge in [0, 0.05) is 44.5 Å². The first-order valence-electron chi connectivity index (χ1n) is 17.4. The standard InChI is InChI=1S/C15H21BN2O2.C12H24B2O4.C9H9BrN2.CH4/c1-9-10(2)18-13-12(9)7-11(8-17-13)16-19-14(3,4)15(5,6)20-16;1-9(2)10(3,4)16-13(15-9)14-17-11(5,6)12(7,8)18-14;1-5-6(2)12-9-8(5)3-7(10)4-11-9;/h7-8H,1-6H3,(H,17,18);1-8H3;3-4H,1-2H3,(H,11,12);1H4. The Labute approximate surface area is 314 Å². The van der Waals surface area contributed by atoms with Crippen LogP contribution in [0.4, 0.5) is 0 Å². The highest BCUT2D eigenvalue weighted by Crippen LogP contribution is 2.43. The SMILES string of the molecule is C.CC1(C)OB(B2OC(C)(C)C(C)(C)O2)OC1(C)C.Cc1[nH]c2ncc(B3OC(C)(C)C(C)(C)O3)cc2c1C.Cc1[nH]c2ncc(Br)cc2c1C. The second kappa shape index (κ2) is 13.9. The molecule has 0 saturated carbocycles. The third-order valence-corrected chi connectivity index (χ3v) is 12.0. The lowest BCUT2D eigenvalue weighted by atomic mass is 9.49. The summed E-state index contributed by atoms with van der Waals surface area (Å²) in [5.41, 5.74) is 5.61. The van der Waals surface area contributed by atoms with E-state index < -0.39 is 14.0 Å². The Balaban J connectivity index is 0.000000175. The maximum Gasteiger partial charge on any atom is 0.496 e. The molecule has 0 amide bonds. The predicted molar refractivity (Wildman–Crippen MR) is 213 cm³/mol. The van der Waals surface area contributed by atoms with E-state index in [0.29, 0.717) is 0 Å². The van der Waals surface area contributed by atoms with Crippen molar-refractivity contribution in [1.82, 2.24) is 19.9 Å².